The first-order valence-electron chi connectivity index (χ1n) is 8.47. The first-order chi connectivity index (χ1) is 13.5. The van der Waals surface area contributed by atoms with Gasteiger partial charge < -0.3 is 9.47 Å². The molecule has 0 saturated heterocycles. The van der Waals surface area contributed by atoms with Crippen LogP contribution in [0, 0.1) is 0 Å². The van der Waals surface area contributed by atoms with Crippen molar-refractivity contribution in [1.29, 1.82) is 0 Å². The van der Waals surface area contributed by atoms with E-state index in [-0.39, 0.29) is 36.5 Å². The zero-order valence-electron chi connectivity index (χ0n) is 15.4. The van der Waals surface area contributed by atoms with Crippen molar-refractivity contribution >= 4 is 38.3 Å². The summed E-state index contributed by atoms with van der Waals surface area (Å²) in [5.41, 5.74) is -5.90. The quantitative estimate of drug-likeness (QED) is 0.341. The minimum atomic E-state index is -5.11. The monoisotopic (exact) mass is 446 g/mol. The fraction of sp³-hybridized carbons (Fsp3) is 0.316. The molecule has 11 heteroatoms. The Morgan fingerprint density at radius 1 is 0.900 bits per heavy atom. The van der Waals surface area contributed by atoms with Gasteiger partial charge in [-0.1, -0.05) is 6.07 Å². The summed E-state index contributed by atoms with van der Waals surface area (Å²) in [5.74, 6) is 0.576. The molecule has 0 aliphatic carbocycles. The van der Waals surface area contributed by atoms with Gasteiger partial charge in [-0.25, -0.2) is 0 Å². The van der Waals surface area contributed by atoms with Crippen molar-refractivity contribution in [3.8, 4) is 11.5 Å². The number of hydrogen-bond donors (Lipinski definition) is 0. The van der Waals surface area contributed by atoms with E-state index in [4.69, 9.17) is 9.47 Å². The molecule has 1 atom stereocenters. The van der Waals surface area contributed by atoms with Gasteiger partial charge in [-0.05, 0) is 46.7 Å². The van der Waals surface area contributed by atoms with Crippen LogP contribution in [0.2, 0.25) is 0 Å². The summed E-state index contributed by atoms with van der Waals surface area (Å²) in [4.78, 5) is 12.6. The molecule has 0 N–H and O–H groups in total. The molecule has 0 amide bonds. The molecule has 0 radical (unpaired) electrons. The molecule has 3 nitrogen and oxygen atoms in total. The number of rotatable bonds is 7. The number of alkyl halides is 6. The summed E-state index contributed by atoms with van der Waals surface area (Å²) >= 11 is 0. The third kappa shape index (κ3) is 6.41. The zero-order valence-corrected chi connectivity index (χ0v) is 16.4. The Morgan fingerprint density at radius 3 is 1.90 bits per heavy atom. The van der Waals surface area contributed by atoms with E-state index >= 15 is 0 Å². The molecular weight excluding hydrogens is 428 g/mol. The van der Waals surface area contributed by atoms with Crippen molar-refractivity contribution in [3.05, 3.63) is 53.1 Å². The Morgan fingerprint density at radius 2 is 1.43 bits per heavy atom. The number of halogens is 6. The maximum absolute atomic E-state index is 13.3. The molecular formula is C19H18F6LiO3P. The van der Waals surface area contributed by atoms with Gasteiger partial charge in [0.1, 0.15) is 11.5 Å². The Kier molecular flexibility index (Phi) is 9.28. The summed E-state index contributed by atoms with van der Waals surface area (Å²) in [6.07, 6.45) is -10.2. The van der Waals surface area contributed by atoms with Gasteiger partial charge in [-0.3, -0.25) is 4.79 Å². The van der Waals surface area contributed by atoms with E-state index in [1.54, 1.807) is 13.8 Å². The van der Waals surface area contributed by atoms with Crippen LogP contribution < -0.4 is 14.8 Å². The first kappa shape index (κ1) is 26.4. The van der Waals surface area contributed by atoms with E-state index in [9.17, 15) is 31.1 Å². The molecule has 2 aromatic rings. The van der Waals surface area contributed by atoms with Crippen LogP contribution in [0.1, 0.15) is 35.3 Å². The molecule has 0 aliphatic heterocycles. The summed E-state index contributed by atoms with van der Waals surface area (Å²) < 4.78 is 90.5. The normalized spacial score (nSPS) is 12.0. The summed E-state index contributed by atoms with van der Waals surface area (Å²) in [6, 6.07) is 5.89. The van der Waals surface area contributed by atoms with E-state index in [1.807, 2.05) is 0 Å². The molecule has 160 valence electrons. The van der Waals surface area contributed by atoms with E-state index in [0.29, 0.717) is 30.6 Å². The second-order valence-corrected chi connectivity index (χ2v) is 6.94. The zero-order chi connectivity index (χ0) is 21.8. The van der Waals surface area contributed by atoms with Crippen molar-refractivity contribution in [1.82, 2.24) is 0 Å². The average molecular weight is 446 g/mol. The predicted octanol–water partition coefficient (Wildman–Crippen LogP) is 5.02. The summed E-state index contributed by atoms with van der Waals surface area (Å²) in [6.45, 7) is 3.93. The Labute approximate surface area is 183 Å². The number of benzene rings is 2. The number of ether oxygens (including phenoxy) is 2. The van der Waals surface area contributed by atoms with Gasteiger partial charge in [0.2, 0.25) is 0 Å². The van der Waals surface area contributed by atoms with Gasteiger partial charge in [-0.15, -0.1) is 0 Å². The second kappa shape index (κ2) is 10.6. The van der Waals surface area contributed by atoms with Crippen LogP contribution in [0.25, 0.3) is 0 Å². The fourth-order valence-corrected chi connectivity index (χ4v) is 3.66. The summed E-state index contributed by atoms with van der Waals surface area (Å²) in [7, 11) is -1.01. The van der Waals surface area contributed by atoms with Gasteiger partial charge in [-0.2, -0.15) is 26.3 Å². The Balaban J connectivity index is 0.00000450. The third-order valence-corrected chi connectivity index (χ3v) is 4.87. The molecule has 2 rings (SSSR count). The number of hydrogen-bond acceptors (Lipinski definition) is 3. The van der Waals surface area contributed by atoms with Crippen LogP contribution in [-0.2, 0) is 12.4 Å². The van der Waals surface area contributed by atoms with E-state index < -0.39 is 43.1 Å². The van der Waals surface area contributed by atoms with Gasteiger partial charge in [0.25, 0.3) is 0 Å². The molecule has 0 aliphatic rings. The third-order valence-electron chi connectivity index (χ3n) is 3.71. The van der Waals surface area contributed by atoms with Gasteiger partial charge in [0.15, 0.2) is 5.52 Å². The predicted molar refractivity (Wildman–Crippen MR) is 105 cm³/mol. The molecule has 1 unspecified atom stereocenters. The van der Waals surface area contributed by atoms with Crippen molar-refractivity contribution in [2.24, 2.45) is 0 Å². The molecule has 0 saturated carbocycles. The molecule has 0 heterocycles. The van der Waals surface area contributed by atoms with E-state index in [2.05, 4.69) is 0 Å². The van der Waals surface area contributed by atoms with Crippen LogP contribution in [-0.4, -0.2) is 37.6 Å². The molecule has 0 spiro atoms. The molecule has 30 heavy (non-hydrogen) atoms. The van der Waals surface area contributed by atoms with Gasteiger partial charge in [0, 0.05) is 16.9 Å². The van der Waals surface area contributed by atoms with Crippen molar-refractivity contribution in [2.45, 2.75) is 26.2 Å². The SMILES string of the molecule is CCOc1ccc(PC(=O)c2c(C(F)(F)F)cccc2C(F)(F)F)c(OCC)c1.[LiH]. The van der Waals surface area contributed by atoms with Crippen molar-refractivity contribution in [3.63, 3.8) is 0 Å². The number of carbonyl (C=O) groups excluding carboxylic acids is 1. The fourth-order valence-electron chi connectivity index (χ4n) is 2.59. The standard InChI is InChI=1S/C19H17F6O3P.Li.H/c1-3-27-11-8-9-15(14(10-11)28-4-2)29-17(26)16-12(18(20,21)22)6-5-7-13(16)19(23,24)25;;/h5-10,29H,3-4H2,1-2H3;;. The van der Waals surface area contributed by atoms with Crippen LogP contribution in [0.5, 0.6) is 11.5 Å². The summed E-state index contributed by atoms with van der Waals surface area (Å²) in [5, 5.41) is 0.186. The molecule has 0 bridgehead atoms. The van der Waals surface area contributed by atoms with Crippen molar-refractivity contribution in [2.75, 3.05) is 13.2 Å². The Bertz CT molecular complexity index is 851. The van der Waals surface area contributed by atoms with Crippen LogP contribution in [0.3, 0.4) is 0 Å². The maximum atomic E-state index is 13.3. The van der Waals surface area contributed by atoms with E-state index in [1.165, 1.54) is 18.2 Å². The van der Waals surface area contributed by atoms with Crippen LogP contribution >= 0.6 is 8.58 Å². The van der Waals surface area contributed by atoms with Crippen LogP contribution in [0.15, 0.2) is 36.4 Å². The molecule has 0 aromatic heterocycles. The van der Waals surface area contributed by atoms with Crippen molar-refractivity contribution < 1.29 is 40.6 Å². The first-order valence-corrected chi connectivity index (χ1v) is 9.47. The topological polar surface area (TPSA) is 35.5 Å². The number of carbonyl (C=O) groups is 1. The molecule has 2 aromatic carbocycles. The second-order valence-electron chi connectivity index (χ2n) is 5.70. The average Bonchev–Trinajstić information content (AvgIpc) is 2.62. The van der Waals surface area contributed by atoms with E-state index in [0.717, 1.165) is 0 Å². The van der Waals surface area contributed by atoms with Crippen LogP contribution in [0.4, 0.5) is 26.3 Å². The van der Waals surface area contributed by atoms with Gasteiger partial charge in [0.05, 0.1) is 24.3 Å². The van der Waals surface area contributed by atoms with Gasteiger partial charge >= 0.3 is 31.2 Å². The molecule has 0 fully saturated rings. The Hall–Kier alpha value is -1.68. The minimum absolute atomic E-state index is 0.